The van der Waals surface area contributed by atoms with Crippen LogP contribution in [0.5, 0.6) is 0 Å². The van der Waals surface area contributed by atoms with Crippen molar-refractivity contribution in [3.05, 3.63) is 33.9 Å². The van der Waals surface area contributed by atoms with E-state index in [9.17, 15) is 23.3 Å². The van der Waals surface area contributed by atoms with Gasteiger partial charge in [0.2, 0.25) is 10.0 Å². The third-order valence-corrected chi connectivity index (χ3v) is 3.50. The van der Waals surface area contributed by atoms with Crippen molar-refractivity contribution in [2.45, 2.75) is 0 Å². The fraction of sp³-hybridized carbons (Fsp3) is 0.300. The zero-order valence-electron chi connectivity index (χ0n) is 10.4. The van der Waals surface area contributed by atoms with Gasteiger partial charge in [-0.15, -0.1) is 0 Å². The van der Waals surface area contributed by atoms with Gasteiger partial charge in [-0.05, 0) is 6.07 Å². The quantitative estimate of drug-likeness (QED) is 0.558. The standard InChI is InChI=1S/C10H12N2O7S/c1-19-4-5-20(17,18)11-9-3-2-7(12(15)16)6-8(9)10(13)14/h2-3,6,11H,4-5H2,1H3,(H,13,14). The number of hydrogen-bond acceptors (Lipinski definition) is 6. The second-order valence-corrected chi connectivity index (χ2v) is 5.55. The van der Waals surface area contributed by atoms with E-state index in [2.05, 4.69) is 9.46 Å². The molecule has 0 bridgehead atoms. The van der Waals surface area contributed by atoms with Gasteiger partial charge in [-0.3, -0.25) is 14.8 Å². The number of sulfonamides is 1. The Morgan fingerprint density at radius 3 is 2.65 bits per heavy atom. The Morgan fingerprint density at radius 2 is 2.15 bits per heavy atom. The summed E-state index contributed by atoms with van der Waals surface area (Å²) >= 11 is 0. The molecule has 1 aromatic carbocycles. The second kappa shape index (κ2) is 6.30. The number of methoxy groups -OCH3 is 1. The first-order valence-corrected chi connectivity index (χ1v) is 6.93. The predicted octanol–water partition coefficient (Wildman–Crippen LogP) is 0.681. The Balaban J connectivity index is 3.12. The molecule has 1 aromatic rings. The number of aromatic carboxylic acids is 1. The first kappa shape index (κ1) is 15.9. The van der Waals surface area contributed by atoms with Crippen LogP contribution in [0.2, 0.25) is 0 Å². The molecule has 0 amide bonds. The Hall–Kier alpha value is -2.20. The van der Waals surface area contributed by atoms with E-state index in [1.807, 2.05) is 0 Å². The van der Waals surface area contributed by atoms with E-state index >= 15 is 0 Å². The number of nitro benzene ring substituents is 1. The van der Waals surface area contributed by atoms with Gasteiger partial charge >= 0.3 is 5.97 Å². The van der Waals surface area contributed by atoms with Crippen LogP contribution < -0.4 is 4.72 Å². The number of rotatable bonds is 7. The molecule has 0 aromatic heterocycles. The average Bonchev–Trinajstić information content (AvgIpc) is 2.36. The molecule has 9 nitrogen and oxygen atoms in total. The van der Waals surface area contributed by atoms with Gasteiger partial charge in [0.05, 0.1) is 28.5 Å². The topological polar surface area (TPSA) is 136 Å². The van der Waals surface area contributed by atoms with Gasteiger partial charge in [0.25, 0.3) is 5.69 Å². The SMILES string of the molecule is COCCS(=O)(=O)Nc1ccc([N+](=O)[O-])cc1C(=O)O. The summed E-state index contributed by atoms with van der Waals surface area (Å²) in [4.78, 5) is 20.8. The molecular formula is C10H12N2O7S. The van der Waals surface area contributed by atoms with Crippen molar-refractivity contribution in [2.24, 2.45) is 0 Å². The van der Waals surface area contributed by atoms with Crippen LogP contribution in [0.15, 0.2) is 18.2 Å². The third kappa shape index (κ3) is 4.17. The van der Waals surface area contributed by atoms with Crippen molar-refractivity contribution in [3.63, 3.8) is 0 Å². The molecule has 0 unspecified atom stereocenters. The number of benzene rings is 1. The number of carbonyl (C=O) groups is 1. The van der Waals surface area contributed by atoms with Gasteiger partial charge in [-0.1, -0.05) is 0 Å². The smallest absolute Gasteiger partial charge is 0.338 e. The number of non-ortho nitro benzene ring substituents is 1. The van der Waals surface area contributed by atoms with Crippen LogP contribution in [0.25, 0.3) is 0 Å². The molecule has 0 spiro atoms. The number of ether oxygens (including phenoxy) is 1. The zero-order valence-corrected chi connectivity index (χ0v) is 11.2. The molecule has 0 aliphatic carbocycles. The molecule has 1 rings (SSSR count). The van der Waals surface area contributed by atoms with E-state index in [0.29, 0.717) is 0 Å². The molecule has 20 heavy (non-hydrogen) atoms. The summed E-state index contributed by atoms with van der Waals surface area (Å²) in [6.45, 7) is -0.0648. The van der Waals surface area contributed by atoms with Crippen molar-refractivity contribution in [2.75, 3.05) is 24.2 Å². The zero-order chi connectivity index (χ0) is 15.3. The molecule has 0 saturated carbocycles. The molecule has 0 fully saturated rings. The fourth-order valence-corrected chi connectivity index (χ4v) is 2.32. The van der Waals surface area contributed by atoms with Crippen LogP contribution in [0.4, 0.5) is 11.4 Å². The predicted molar refractivity (Wildman–Crippen MR) is 69.3 cm³/mol. The average molecular weight is 304 g/mol. The molecule has 2 N–H and O–H groups in total. The molecule has 10 heteroatoms. The van der Waals surface area contributed by atoms with Crippen LogP contribution in [0.3, 0.4) is 0 Å². The van der Waals surface area contributed by atoms with Gasteiger partial charge in [-0.25, -0.2) is 13.2 Å². The Bertz CT molecular complexity index is 626. The molecule has 0 radical (unpaired) electrons. The number of carboxylic acid groups (broad SMARTS) is 1. The van der Waals surface area contributed by atoms with Crippen LogP contribution in [-0.2, 0) is 14.8 Å². The highest BCUT2D eigenvalue weighted by atomic mass is 32.2. The Labute approximate surface area is 114 Å². The normalized spacial score (nSPS) is 11.1. The van der Waals surface area contributed by atoms with Crippen molar-refractivity contribution in [1.29, 1.82) is 0 Å². The summed E-state index contributed by atoms with van der Waals surface area (Å²) in [5.74, 6) is -1.84. The lowest BCUT2D eigenvalue weighted by molar-refractivity contribution is -0.384. The highest BCUT2D eigenvalue weighted by Crippen LogP contribution is 2.23. The maximum Gasteiger partial charge on any atom is 0.338 e. The largest absolute Gasteiger partial charge is 0.478 e. The van der Waals surface area contributed by atoms with E-state index < -0.39 is 32.2 Å². The summed E-state index contributed by atoms with van der Waals surface area (Å²) in [5.41, 5.74) is -1.18. The van der Waals surface area contributed by atoms with E-state index in [1.54, 1.807) is 0 Å². The monoisotopic (exact) mass is 304 g/mol. The van der Waals surface area contributed by atoms with Gasteiger partial charge in [0, 0.05) is 19.2 Å². The lowest BCUT2D eigenvalue weighted by Gasteiger charge is -2.10. The summed E-state index contributed by atoms with van der Waals surface area (Å²) in [7, 11) is -2.47. The molecule has 0 aliphatic heterocycles. The van der Waals surface area contributed by atoms with Crippen LogP contribution in [0.1, 0.15) is 10.4 Å². The molecular weight excluding hydrogens is 292 g/mol. The van der Waals surface area contributed by atoms with E-state index in [-0.39, 0.29) is 18.0 Å². The van der Waals surface area contributed by atoms with E-state index in [1.165, 1.54) is 7.11 Å². The Morgan fingerprint density at radius 1 is 1.50 bits per heavy atom. The van der Waals surface area contributed by atoms with Gasteiger partial charge < -0.3 is 9.84 Å². The fourth-order valence-electron chi connectivity index (χ4n) is 1.32. The van der Waals surface area contributed by atoms with Crippen molar-refractivity contribution in [3.8, 4) is 0 Å². The molecule has 110 valence electrons. The maximum absolute atomic E-state index is 11.6. The molecule has 0 atom stereocenters. The first-order chi connectivity index (χ1) is 9.26. The lowest BCUT2D eigenvalue weighted by atomic mass is 10.1. The molecule has 0 heterocycles. The number of anilines is 1. The van der Waals surface area contributed by atoms with Gasteiger partial charge in [0.15, 0.2) is 0 Å². The number of nitrogens with zero attached hydrogens (tertiary/aromatic N) is 1. The summed E-state index contributed by atoms with van der Waals surface area (Å²) < 4.78 is 29.9. The lowest BCUT2D eigenvalue weighted by Crippen LogP contribution is -2.21. The van der Waals surface area contributed by atoms with Crippen LogP contribution >= 0.6 is 0 Å². The molecule has 0 aliphatic rings. The highest BCUT2D eigenvalue weighted by Gasteiger charge is 2.19. The van der Waals surface area contributed by atoms with E-state index in [4.69, 9.17) is 5.11 Å². The number of nitrogens with one attached hydrogen (secondary N) is 1. The van der Waals surface area contributed by atoms with Crippen molar-refractivity contribution in [1.82, 2.24) is 0 Å². The summed E-state index contributed by atoms with van der Waals surface area (Å²) in [6, 6.07) is 2.84. The summed E-state index contributed by atoms with van der Waals surface area (Å²) in [5, 5.41) is 19.5. The first-order valence-electron chi connectivity index (χ1n) is 5.28. The van der Waals surface area contributed by atoms with Crippen molar-refractivity contribution >= 4 is 27.4 Å². The minimum absolute atomic E-state index is 0.0648. The summed E-state index contributed by atoms with van der Waals surface area (Å²) in [6.07, 6.45) is 0. The van der Waals surface area contributed by atoms with Crippen LogP contribution in [-0.4, -0.2) is 43.9 Å². The minimum atomic E-state index is -3.79. The van der Waals surface area contributed by atoms with E-state index in [0.717, 1.165) is 18.2 Å². The van der Waals surface area contributed by atoms with Crippen molar-refractivity contribution < 1.29 is 28.0 Å². The Kier molecular flexibility index (Phi) is 5.00. The molecule has 0 saturated heterocycles. The van der Waals surface area contributed by atoms with Crippen LogP contribution in [0, 0.1) is 10.1 Å². The van der Waals surface area contributed by atoms with Gasteiger partial charge in [-0.2, -0.15) is 0 Å². The third-order valence-electron chi connectivity index (χ3n) is 2.27. The minimum Gasteiger partial charge on any atom is -0.478 e. The highest BCUT2D eigenvalue weighted by molar-refractivity contribution is 7.92. The number of carboxylic acids is 1. The number of nitro groups is 1. The maximum atomic E-state index is 11.6. The number of hydrogen-bond donors (Lipinski definition) is 2. The van der Waals surface area contributed by atoms with Gasteiger partial charge in [0.1, 0.15) is 0 Å². The second-order valence-electron chi connectivity index (χ2n) is 3.71.